The zero-order chi connectivity index (χ0) is 10.5. The van der Waals surface area contributed by atoms with Gasteiger partial charge in [-0.15, -0.1) is 0 Å². The van der Waals surface area contributed by atoms with Crippen molar-refractivity contribution in [1.29, 1.82) is 0 Å². The molecule has 0 saturated heterocycles. The topological polar surface area (TPSA) is 98.5 Å². The van der Waals surface area contributed by atoms with E-state index in [9.17, 15) is 13.6 Å². The van der Waals surface area contributed by atoms with Crippen molar-refractivity contribution in [2.45, 2.75) is 6.92 Å². The third-order valence-corrected chi connectivity index (χ3v) is 2.02. The molecule has 0 aliphatic rings. The molecule has 0 saturated carbocycles. The number of ether oxygens (including phenoxy) is 1. The summed E-state index contributed by atoms with van der Waals surface area (Å²) in [5.41, 5.74) is 0.200. The third kappa shape index (κ3) is 5.47. The van der Waals surface area contributed by atoms with E-state index < -0.39 is 22.2 Å². The number of carbonyl (C=O) groups is 1. The highest BCUT2D eigenvalue weighted by Crippen LogP contribution is 2.00. The quantitative estimate of drug-likeness (QED) is 0.291. The van der Waals surface area contributed by atoms with Crippen molar-refractivity contribution >= 4 is 16.5 Å². The number of nitrogens with two attached hydrogens (primary N) is 1. The molecule has 0 aliphatic heterocycles. The Balaban J connectivity index is 3.75. The van der Waals surface area contributed by atoms with Crippen LogP contribution in [0.2, 0.25) is 0 Å². The molecule has 6 nitrogen and oxygen atoms in total. The van der Waals surface area contributed by atoms with Crippen LogP contribution >= 0.6 is 0 Å². The highest BCUT2D eigenvalue weighted by Gasteiger charge is 2.29. The second-order valence-corrected chi connectivity index (χ2v) is 3.99. The first kappa shape index (κ1) is 12.2. The van der Waals surface area contributed by atoms with Gasteiger partial charge >= 0.3 is 16.5 Å². The Labute approximate surface area is 77.1 Å². The predicted octanol–water partition coefficient (Wildman–Crippen LogP) is -0.244. The van der Waals surface area contributed by atoms with Gasteiger partial charge in [0.25, 0.3) is 0 Å². The van der Waals surface area contributed by atoms with Gasteiger partial charge in [-0.25, -0.2) is 4.79 Å². The first-order valence-electron chi connectivity index (χ1n) is 3.32. The molecule has 0 aromatic carbocycles. The molecule has 0 aliphatic carbocycles. The first-order valence-corrected chi connectivity index (χ1v) is 4.90. The molecule has 0 aromatic heterocycles. The molecule has 0 spiro atoms. The van der Waals surface area contributed by atoms with Crippen molar-refractivity contribution in [1.82, 2.24) is 0 Å². The minimum absolute atomic E-state index is 0.200. The lowest BCUT2D eigenvalue weighted by atomic mass is 10.4. The molecule has 0 amide bonds. The summed E-state index contributed by atoms with van der Waals surface area (Å²) in [5, 5.41) is 0. The molecule has 0 aromatic rings. The molecule has 1 unspecified atom stereocenters. The highest BCUT2D eigenvalue weighted by molar-refractivity contribution is 7.92. The summed E-state index contributed by atoms with van der Waals surface area (Å²) >= 11 is 0. The van der Waals surface area contributed by atoms with Gasteiger partial charge in [-0.05, 0) is 15.4 Å². The second kappa shape index (κ2) is 5.07. The van der Waals surface area contributed by atoms with E-state index in [2.05, 4.69) is 21.5 Å². The first-order chi connectivity index (χ1) is 5.89. The molecular formula is C6H11NO5S+. The molecule has 75 valence electrons. The Hall–Kier alpha value is -0.760. The minimum Gasteiger partial charge on any atom is -0.457 e. The fraction of sp³-hybridized carbons (Fsp3) is 0.500. The number of carbonyl (C=O) groups excluding carboxylic acids is 1. The lowest BCUT2D eigenvalue weighted by Crippen LogP contribution is -2.24. The molecular weight excluding hydrogens is 198 g/mol. The molecule has 0 fully saturated rings. The molecule has 13 heavy (non-hydrogen) atoms. The Kier molecular flexibility index (Phi) is 4.78. The van der Waals surface area contributed by atoms with E-state index in [4.69, 9.17) is 0 Å². The molecule has 2 N–H and O–H groups in total. The maximum atomic E-state index is 10.7. The number of hydrogen-bond acceptors (Lipinski definition) is 5. The lowest BCUT2D eigenvalue weighted by molar-refractivity contribution is -0.138. The number of rotatable bonds is 5. The summed E-state index contributed by atoms with van der Waals surface area (Å²) in [6, 6.07) is 0. The highest BCUT2D eigenvalue weighted by atomic mass is 32.3. The van der Waals surface area contributed by atoms with Gasteiger partial charge < -0.3 is 4.74 Å². The van der Waals surface area contributed by atoms with Crippen LogP contribution in [-0.4, -0.2) is 18.3 Å². The largest absolute Gasteiger partial charge is 0.457 e. The van der Waals surface area contributed by atoms with Gasteiger partial charge in [-0.3, -0.25) is 0 Å². The van der Waals surface area contributed by atoms with Crippen molar-refractivity contribution in [3.63, 3.8) is 0 Å². The van der Waals surface area contributed by atoms with Crippen molar-refractivity contribution in [2.75, 3.05) is 12.4 Å². The van der Waals surface area contributed by atoms with Crippen LogP contribution < -0.4 is 5.90 Å². The number of esters is 1. The molecule has 1 atom stereocenters. The van der Waals surface area contributed by atoms with Crippen LogP contribution in [0.5, 0.6) is 0 Å². The van der Waals surface area contributed by atoms with E-state index in [-0.39, 0.29) is 12.2 Å². The van der Waals surface area contributed by atoms with E-state index in [1.54, 1.807) is 0 Å². The fourth-order valence-corrected chi connectivity index (χ4v) is 0.791. The second-order valence-electron chi connectivity index (χ2n) is 2.27. The molecule has 0 bridgehead atoms. The molecule has 0 heterocycles. The summed E-state index contributed by atoms with van der Waals surface area (Å²) < 4.78 is 29.3. The maximum absolute atomic E-state index is 10.7. The standard InChI is InChI=1S/C6H11NO5S/c1-5(2)6(8)11-3-4-13(9,10)12-7/h1,3-4,7H2,2H3/q+1. The molecule has 1 radical (unpaired) electrons. The fourth-order valence-electron chi connectivity index (χ4n) is 0.408. The summed E-state index contributed by atoms with van der Waals surface area (Å²) in [5.74, 6) is 3.32. The van der Waals surface area contributed by atoms with Crippen LogP contribution in [-0.2, 0) is 33.1 Å². The van der Waals surface area contributed by atoms with Crippen molar-refractivity contribution < 1.29 is 22.6 Å². The zero-order valence-corrected chi connectivity index (χ0v) is 7.96. The van der Waals surface area contributed by atoms with Gasteiger partial charge in [0.1, 0.15) is 6.61 Å². The maximum Gasteiger partial charge on any atom is 0.416 e. The van der Waals surface area contributed by atoms with Gasteiger partial charge in [0.2, 0.25) is 5.75 Å². The summed E-state index contributed by atoms with van der Waals surface area (Å²) in [6.45, 7) is 4.46. The summed E-state index contributed by atoms with van der Waals surface area (Å²) in [7, 11) is -3.77. The lowest BCUT2D eigenvalue weighted by Gasteiger charge is -2.01. The minimum atomic E-state index is -3.77. The predicted molar refractivity (Wildman–Crippen MR) is 44.7 cm³/mol. The van der Waals surface area contributed by atoms with E-state index >= 15 is 0 Å². The Morgan fingerprint density at radius 1 is 1.62 bits per heavy atom. The third-order valence-electron chi connectivity index (χ3n) is 1.06. The van der Waals surface area contributed by atoms with Crippen molar-refractivity contribution in [2.24, 2.45) is 5.90 Å². The van der Waals surface area contributed by atoms with Crippen LogP contribution in [0, 0.1) is 0 Å². The smallest absolute Gasteiger partial charge is 0.416 e. The average Bonchev–Trinajstić information content (AvgIpc) is 2.04. The van der Waals surface area contributed by atoms with Crippen LogP contribution in [0.15, 0.2) is 12.2 Å². The molecule has 7 heteroatoms. The molecule has 0 rings (SSSR count). The van der Waals surface area contributed by atoms with Crippen molar-refractivity contribution in [3.05, 3.63) is 12.2 Å². The average molecular weight is 209 g/mol. The van der Waals surface area contributed by atoms with E-state index in [0.717, 1.165) is 0 Å². The normalized spacial score (nSPS) is 14.7. The number of hydrogen-bond donors (Lipinski definition) is 1. The Morgan fingerprint density at radius 2 is 2.15 bits per heavy atom. The van der Waals surface area contributed by atoms with Crippen LogP contribution in [0.1, 0.15) is 6.92 Å². The van der Waals surface area contributed by atoms with Gasteiger partial charge in [-0.1, -0.05) is 6.58 Å². The van der Waals surface area contributed by atoms with Crippen LogP contribution in [0.25, 0.3) is 0 Å². The Morgan fingerprint density at radius 3 is 2.54 bits per heavy atom. The summed E-state index contributed by atoms with van der Waals surface area (Å²) in [6.07, 6.45) is 0. The monoisotopic (exact) mass is 209 g/mol. The van der Waals surface area contributed by atoms with Gasteiger partial charge in [0.05, 0.1) is 4.55 Å². The van der Waals surface area contributed by atoms with Crippen LogP contribution in [0.4, 0.5) is 0 Å². The summed E-state index contributed by atoms with van der Waals surface area (Å²) in [4.78, 5) is 10.7. The van der Waals surface area contributed by atoms with Gasteiger partial charge in [0.15, 0.2) is 0 Å². The van der Waals surface area contributed by atoms with Gasteiger partial charge in [0, 0.05) is 5.57 Å². The zero-order valence-electron chi connectivity index (χ0n) is 7.15. The SMILES string of the molecule is C=C(C)C(=O)OCC[S+]([O])(=O)ON. The van der Waals surface area contributed by atoms with E-state index in [0.29, 0.717) is 0 Å². The van der Waals surface area contributed by atoms with E-state index in [1.807, 2.05) is 0 Å². The van der Waals surface area contributed by atoms with Gasteiger partial charge in [-0.2, -0.15) is 5.90 Å². The van der Waals surface area contributed by atoms with Crippen molar-refractivity contribution in [3.8, 4) is 0 Å². The Bertz CT molecular complexity index is 251. The van der Waals surface area contributed by atoms with Crippen LogP contribution in [0.3, 0.4) is 0 Å². The van der Waals surface area contributed by atoms with E-state index in [1.165, 1.54) is 6.92 Å².